The molecule has 30 heteroatoms. The molecular formula is C71H87F9N8O12S. The van der Waals surface area contributed by atoms with Gasteiger partial charge in [-0.2, -0.15) is 44.1 Å². The lowest BCUT2D eigenvalue weighted by atomic mass is 9.81. The van der Waals surface area contributed by atoms with Crippen LogP contribution in [0.15, 0.2) is 133 Å². The number of piperidine rings is 1. The number of anilines is 4. The van der Waals surface area contributed by atoms with Gasteiger partial charge in [-0.3, -0.25) is 29.1 Å². The van der Waals surface area contributed by atoms with Crippen LogP contribution in [0, 0.1) is 5.92 Å². The fraction of sp³-hybridized carbons (Fsp3) is 0.479. The van der Waals surface area contributed by atoms with Crippen LogP contribution < -0.4 is 20.4 Å². The number of carbonyl (C=O) groups is 6. The molecule has 5 N–H and O–H groups in total. The third-order valence-electron chi connectivity index (χ3n) is 18.0. The number of likely N-dealkylation sites (tertiary alicyclic amines) is 1. The summed E-state index contributed by atoms with van der Waals surface area (Å²) < 4.78 is 131. The minimum absolute atomic E-state index is 0.0182. The van der Waals surface area contributed by atoms with Crippen molar-refractivity contribution in [3.8, 4) is 0 Å². The van der Waals surface area contributed by atoms with Crippen LogP contribution >= 0.6 is 0 Å². The number of fused-ring (bicyclic) bond motifs is 4. The molecule has 5 heterocycles. The number of carbonyl (C=O) groups excluding carboxylic acids is 3. The van der Waals surface area contributed by atoms with Crippen molar-refractivity contribution < 1.29 is 101 Å². The van der Waals surface area contributed by atoms with Gasteiger partial charge in [0, 0.05) is 98.9 Å². The summed E-state index contributed by atoms with van der Waals surface area (Å²) >= 11 is 0. The van der Waals surface area contributed by atoms with Crippen LogP contribution in [0.3, 0.4) is 0 Å². The molecule has 2 saturated heterocycles. The highest BCUT2D eigenvalue weighted by Crippen LogP contribution is 2.48. The van der Waals surface area contributed by atoms with E-state index in [2.05, 4.69) is 135 Å². The number of para-hydroxylation sites is 5. The Bertz CT molecular complexity index is 3710. The number of carboxylic acid groups (broad SMARTS) is 3. The quantitative estimate of drug-likeness (QED) is 0.0144. The van der Waals surface area contributed by atoms with E-state index in [4.69, 9.17) is 29.7 Å². The van der Waals surface area contributed by atoms with Gasteiger partial charge >= 0.3 is 36.4 Å². The van der Waals surface area contributed by atoms with Gasteiger partial charge in [-0.25, -0.2) is 22.8 Å². The number of hydrogen-bond donors (Lipinski definition) is 5. The first-order chi connectivity index (χ1) is 47.4. The Labute approximate surface area is 581 Å². The minimum Gasteiger partial charge on any atom is -0.748 e. The van der Waals surface area contributed by atoms with E-state index in [1.54, 1.807) is 11.0 Å². The van der Waals surface area contributed by atoms with Crippen molar-refractivity contribution in [1.29, 1.82) is 0 Å². The monoisotopic (exact) mass is 1450 g/mol. The van der Waals surface area contributed by atoms with E-state index in [0.717, 1.165) is 102 Å². The molecule has 2 fully saturated rings. The number of aliphatic carboxylic acids is 3. The van der Waals surface area contributed by atoms with Crippen molar-refractivity contribution in [3.05, 3.63) is 150 Å². The Morgan fingerprint density at radius 1 is 0.614 bits per heavy atom. The number of hydrogen-bond acceptors (Lipinski definition) is 13. The third-order valence-corrected chi connectivity index (χ3v) is 18.8. The predicted octanol–water partition coefficient (Wildman–Crippen LogP) is 12.2. The maximum Gasteiger partial charge on any atom is 0.490 e. The second-order valence-electron chi connectivity index (χ2n) is 25.9. The van der Waals surface area contributed by atoms with Crippen LogP contribution in [-0.2, 0) is 44.9 Å². The van der Waals surface area contributed by atoms with E-state index in [-0.39, 0.29) is 34.3 Å². The summed E-state index contributed by atoms with van der Waals surface area (Å²) in [5.41, 5.74) is 9.35. The lowest BCUT2D eigenvalue weighted by molar-refractivity contribution is -0.438. The van der Waals surface area contributed by atoms with Gasteiger partial charge in [0.05, 0.1) is 44.7 Å². The fourth-order valence-corrected chi connectivity index (χ4v) is 13.3. The Kier molecular flexibility index (Phi) is 29.4. The number of amides is 3. The smallest absolute Gasteiger partial charge is 0.490 e. The second-order valence-corrected chi connectivity index (χ2v) is 27.4. The van der Waals surface area contributed by atoms with Crippen molar-refractivity contribution in [1.82, 2.24) is 20.0 Å². The number of carboxylic acids is 3. The van der Waals surface area contributed by atoms with Crippen LogP contribution in [0.5, 0.6) is 0 Å². The van der Waals surface area contributed by atoms with Crippen molar-refractivity contribution in [2.45, 2.75) is 128 Å². The van der Waals surface area contributed by atoms with Crippen LogP contribution in [0.25, 0.3) is 0 Å². The number of nitrogens with zero attached hydrogens (tertiary/aromatic N) is 6. The Morgan fingerprint density at radius 3 is 1.75 bits per heavy atom. The first kappa shape index (κ1) is 81.5. The highest BCUT2D eigenvalue weighted by atomic mass is 32.2. The molecule has 0 aromatic heterocycles. The number of piperazine rings is 1. The molecule has 4 aromatic carbocycles. The zero-order valence-electron chi connectivity index (χ0n) is 56.7. The molecule has 0 spiro atoms. The second kappa shape index (κ2) is 36.4. The number of allylic oxidation sites excluding steroid dienone is 6. The van der Waals surface area contributed by atoms with Crippen molar-refractivity contribution in [3.63, 3.8) is 0 Å². The zero-order chi connectivity index (χ0) is 74.5. The molecule has 4 aromatic rings. The van der Waals surface area contributed by atoms with Gasteiger partial charge in [-0.15, -0.1) is 0 Å². The maximum absolute atomic E-state index is 13.9. The lowest BCUT2D eigenvalue weighted by Crippen LogP contribution is -2.48. The van der Waals surface area contributed by atoms with Gasteiger partial charge < -0.3 is 40.3 Å². The summed E-state index contributed by atoms with van der Waals surface area (Å²) in [7, 11) is -4.24. The molecular weight excluding hydrogens is 1360 g/mol. The van der Waals surface area contributed by atoms with Crippen LogP contribution in [0.2, 0.25) is 0 Å². The standard InChI is InChI=1S/C65H84N8O6S.3C2HF3O2/c1-64(2)52-25-11-15-29-56(52)71(59(64)32-7-5-8-33-60-65(3,4)53-26-12-16-30-57(53)72(60)40-21-22-48-80(77,78)79)39-19-6-9-34-61(74)66-37-43-69-46-44-68(45-47-69)38-20-18-23-50-35-41-70(42-36-50)49-62(75)73-55-28-14-10-24-51(55)63(76)67-54-27-13-17-31-58(54)73;3*3-2(4,5)1(6)7/h5,7-8,10-17,24-33,50H,6,9,18-23,34-49H2,1-4H3,(H2-,66,67,74,76,77,78,79);3*(H,6,7). The largest absolute Gasteiger partial charge is 0.748 e. The molecule has 9 rings (SSSR count). The Hall–Kier alpha value is -8.45. The van der Waals surface area contributed by atoms with Crippen molar-refractivity contribution in [2.75, 3.05) is 99.4 Å². The van der Waals surface area contributed by atoms with E-state index in [9.17, 15) is 66.9 Å². The van der Waals surface area contributed by atoms with Gasteiger partial charge in [0.2, 0.25) is 17.5 Å². The summed E-state index contributed by atoms with van der Waals surface area (Å²) in [5.74, 6) is -8.01. The SMILES string of the molecule is CC1(C)C(/C=C/C=C/C=C2\N(CCCCS(=O)(=O)[O-])c3ccccc3C2(C)C)=[N+](CCCCCC(=O)NCCN2CCN(CCCCC3CCN(CC(=O)N4c5ccccc5NC(=O)c5ccccc54)CC3)CC2)c2ccccc21.O=C(O)C(F)(F)F.O=C(O)C(F)(F)F.O=C(O)C(F)(F)F. The molecule has 0 unspecified atom stereocenters. The number of halogens is 9. The zero-order valence-corrected chi connectivity index (χ0v) is 57.5. The lowest BCUT2D eigenvalue weighted by Gasteiger charge is -2.35. The van der Waals surface area contributed by atoms with Gasteiger partial charge in [0.25, 0.3) is 5.91 Å². The van der Waals surface area contributed by atoms with E-state index in [0.29, 0.717) is 67.4 Å². The fourth-order valence-electron chi connectivity index (χ4n) is 12.8. The number of benzene rings is 4. The van der Waals surface area contributed by atoms with Gasteiger partial charge in [0.1, 0.15) is 6.54 Å². The van der Waals surface area contributed by atoms with Crippen LogP contribution in [0.4, 0.5) is 68.0 Å². The number of alkyl halides is 9. The molecule has 0 aliphatic carbocycles. The predicted molar refractivity (Wildman–Crippen MR) is 363 cm³/mol. The van der Waals surface area contributed by atoms with E-state index >= 15 is 0 Å². The van der Waals surface area contributed by atoms with E-state index < -0.39 is 46.6 Å². The topological polar surface area (TPSA) is 264 Å². The van der Waals surface area contributed by atoms with Crippen molar-refractivity contribution in [2.24, 2.45) is 5.92 Å². The highest BCUT2D eigenvalue weighted by Gasteiger charge is 2.45. The first-order valence-corrected chi connectivity index (χ1v) is 34.8. The van der Waals surface area contributed by atoms with Crippen LogP contribution in [-0.4, -0.2) is 192 Å². The average Bonchev–Trinajstić information content (AvgIpc) is 1.62. The van der Waals surface area contributed by atoms with E-state index in [1.165, 1.54) is 41.8 Å². The number of rotatable bonds is 24. The first-order valence-electron chi connectivity index (χ1n) is 33.2. The Morgan fingerprint density at radius 2 is 1.15 bits per heavy atom. The summed E-state index contributed by atoms with van der Waals surface area (Å²) in [5, 5.41) is 27.6. The third kappa shape index (κ3) is 24.1. The molecule has 0 atom stereocenters. The summed E-state index contributed by atoms with van der Waals surface area (Å²) in [6.07, 6.45) is 5.59. The van der Waals surface area contributed by atoms with Crippen LogP contribution in [0.1, 0.15) is 120 Å². The summed E-state index contributed by atoms with van der Waals surface area (Å²) in [6.45, 7) is 19.6. The highest BCUT2D eigenvalue weighted by molar-refractivity contribution is 7.85. The molecule has 552 valence electrons. The molecule has 5 aliphatic heterocycles. The Balaban J connectivity index is 0.000000664. The maximum atomic E-state index is 13.9. The number of unbranched alkanes of at least 4 members (excludes halogenated alkanes) is 4. The molecule has 101 heavy (non-hydrogen) atoms. The summed E-state index contributed by atoms with van der Waals surface area (Å²) in [6, 6.07) is 31.9. The van der Waals surface area contributed by atoms with Gasteiger partial charge in [-0.05, 0) is 126 Å². The number of nitrogens with one attached hydrogen (secondary N) is 2. The molecule has 3 amide bonds. The van der Waals surface area contributed by atoms with Gasteiger partial charge in [-0.1, -0.05) is 106 Å². The van der Waals surface area contributed by atoms with Crippen molar-refractivity contribution >= 4 is 79.9 Å². The van der Waals surface area contributed by atoms with Gasteiger partial charge in [0.15, 0.2) is 5.71 Å². The normalized spacial score (nSPS) is 17.5. The molecule has 20 nitrogen and oxygen atoms in total. The molecule has 0 bridgehead atoms. The molecule has 0 saturated carbocycles. The minimum atomic E-state index is -5.08. The average molecular weight is 1450 g/mol. The molecule has 0 radical (unpaired) electrons. The van der Waals surface area contributed by atoms with E-state index in [1.807, 2.05) is 48.5 Å². The molecule has 5 aliphatic rings. The summed E-state index contributed by atoms with van der Waals surface area (Å²) in [4.78, 5) is 77.9.